The van der Waals surface area contributed by atoms with Crippen molar-refractivity contribution in [2.75, 3.05) is 52.2 Å². The van der Waals surface area contributed by atoms with Crippen LogP contribution in [0.2, 0.25) is 0 Å². The largest absolute Gasteiger partial charge is 0.493 e. The third-order valence-corrected chi connectivity index (χ3v) is 9.38. The minimum absolute atomic E-state index is 0.0167. The zero-order valence-corrected chi connectivity index (χ0v) is 26.8. The Kier molecular flexibility index (Phi) is 8.54. The Morgan fingerprint density at radius 1 is 1.11 bits per heavy atom. The maximum absolute atomic E-state index is 12.0. The Labute approximate surface area is 274 Å². The number of piperidine rings is 1. The van der Waals surface area contributed by atoms with Gasteiger partial charge in [-0.2, -0.15) is 0 Å². The fraction of sp³-hybridized carbons (Fsp3) is 0.389. The van der Waals surface area contributed by atoms with Gasteiger partial charge in [0, 0.05) is 62.1 Å². The summed E-state index contributed by atoms with van der Waals surface area (Å²) in [6.07, 6.45) is 5.71. The first-order chi connectivity index (χ1) is 22.9. The average molecular weight is 634 g/mol. The van der Waals surface area contributed by atoms with Crippen molar-refractivity contribution in [3.63, 3.8) is 0 Å². The minimum Gasteiger partial charge on any atom is -0.493 e. The number of carbonyl (C=O) groups is 1. The van der Waals surface area contributed by atoms with Crippen LogP contribution in [0.3, 0.4) is 0 Å². The number of fused-ring (bicyclic) bond motifs is 1. The molecule has 11 heteroatoms. The van der Waals surface area contributed by atoms with Gasteiger partial charge in [0.25, 0.3) is 0 Å². The lowest BCUT2D eigenvalue weighted by Crippen LogP contribution is -2.55. The summed E-state index contributed by atoms with van der Waals surface area (Å²) in [4.78, 5) is 30.0. The highest BCUT2D eigenvalue weighted by Crippen LogP contribution is 2.43. The zero-order valence-electron chi connectivity index (χ0n) is 26.8. The number of hydrogen-bond donors (Lipinski definition) is 1. The monoisotopic (exact) mass is 633 g/mol. The standard InChI is InChI=1S/C36H39N7O4/c1-4-32(44)41-15-12-26(13-16-41)42-19-24(20-42)8-10-28-33(34-35(37)38-22-39-36(34)43(28)27-14-17-46-21-27)25-9-11-29(30(18-25)45-3)47-31-7-5-6-23(2)40-31/h4-7,9,11,18,22,24,26-27H,1,12-17,19-21H2,2-3H3,(H2,37,38,39). The van der Waals surface area contributed by atoms with Gasteiger partial charge in [-0.1, -0.05) is 24.6 Å². The molecule has 1 unspecified atom stereocenters. The van der Waals surface area contributed by atoms with Crippen molar-refractivity contribution in [1.82, 2.24) is 29.3 Å². The highest BCUT2D eigenvalue weighted by molar-refractivity contribution is 6.04. The Hall–Kier alpha value is -4.92. The molecular weight excluding hydrogens is 594 g/mol. The van der Waals surface area contributed by atoms with Crippen LogP contribution >= 0.6 is 0 Å². The summed E-state index contributed by atoms with van der Waals surface area (Å²) in [5.74, 6) is 9.42. The summed E-state index contributed by atoms with van der Waals surface area (Å²) >= 11 is 0. The number of hydrogen-bond acceptors (Lipinski definition) is 9. The molecule has 3 aromatic heterocycles. The van der Waals surface area contributed by atoms with Gasteiger partial charge in [0.1, 0.15) is 23.5 Å². The lowest BCUT2D eigenvalue weighted by Gasteiger charge is -2.45. The molecule has 1 amide bonds. The Bertz CT molecular complexity index is 1870. The minimum atomic E-state index is 0.0167. The SMILES string of the molecule is C=CC(=O)N1CCC(N2CC(C#Cc3c(-c4ccc(Oc5cccc(C)n5)c(OC)c4)c4c(N)ncnc4n3C3CCOC3)C2)CC1. The van der Waals surface area contributed by atoms with Crippen molar-refractivity contribution in [3.05, 3.63) is 66.8 Å². The van der Waals surface area contributed by atoms with E-state index in [9.17, 15) is 4.79 Å². The smallest absolute Gasteiger partial charge is 0.245 e. The van der Waals surface area contributed by atoms with E-state index in [2.05, 4.69) is 37.9 Å². The van der Waals surface area contributed by atoms with E-state index in [1.807, 2.05) is 48.2 Å². The molecule has 4 aromatic rings. The van der Waals surface area contributed by atoms with Crippen molar-refractivity contribution in [2.24, 2.45) is 5.92 Å². The second kappa shape index (κ2) is 13.1. The molecule has 2 N–H and O–H groups in total. The molecule has 1 aromatic carbocycles. The number of ether oxygens (including phenoxy) is 3. The van der Waals surface area contributed by atoms with E-state index < -0.39 is 0 Å². The van der Waals surface area contributed by atoms with Crippen molar-refractivity contribution >= 4 is 22.8 Å². The second-order valence-electron chi connectivity index (χ2n) is 12.3. The number of anilines is 1. The first-order valence-electron chi connectivity index (χ1n) is 16.1. The van der Waals surface area contributed by atoms with Crippen molar-refractivity contribution in [3.8, 4) is 40.3 Å². The lowest BCUT2D eigenvalue weighted by atomic mass is 9.93. The normalized spacial score (nSPS) is 18.9. The summed E-state index contributed by atoms with van der Waals surface area (Å²) < 4.78 is 19.9. The predicted molar refractivity (Wildman–Crippen MR) is 179 cm³/mol. The summed E-state index contributed by atoms with van der Waals surface area (Å²) in [7, 11) is 1.62. The van der Waals surface area contributed by atoms with Crippen LogP contribution in [0.4, 0.5) is 5.82 Å². The van der Waals surface area contributed by atoms with Crippen LogP contribution in [-0.2, 0) is 9.53 Å². The Morgan fingerprint density at radius 2 is 1.94 bits per heavy atom. The average Bonchev–Trinajstić information content (AvgIpc) is 3.71. The molecule has 11 nitrogen and oxygen atoms in total. The molecule has 242 valence electrons. The highest BCUT2D eigenvalue weighted by Gasteiger charge is 2.34. The fourth-order valence-corrected chi connectivity index (χ4v) is 6.89. The summed E-state index contributed by atoms with van der Waals surface area (Å²) in [5, 5.41) is 0.760. The number of aryl methyl sites for hydroxylation is 1. The quantitative estimate of drug-likeness (QED) is 0.230. The van der Waals surface area contributed by atoms with Gasteiger partial charge in [-0.3, -0.25) is 9.69 Å². The van der Waals surface area contributed by atoms with Crippen molar-refractivity contribution in [2.45, 2.75) is 38.3 Å². The number of benzene rings is 1. The van der Waals surface area contributed by atoms with Crippen LogP contribution in [0, 0.1) is 24.7 Å². The molecule has 0 spiro atoms. The van der Waals surface area contributed by atoms with Crippen LogP contribution in [-0.4, -0.2) is 87.8 Å². The van der Waals surface area contributed by atoms with Crippen molar-refractivity contribution in [1.29, 1.82) is 0 Å². The molecule has 0 saturated carbocycles. The summed E-state index contributed by atoms with van der Waals surface area (Å²) in [5.41, 5.74) is 10.8. The van der Waals surface area contributed by atoms with E-state index in [1.165, 1.54) is 12.4 Å². The molecule has 3 aliphatic rings. The summed E-state index contributed by atoms with van der Waals surface area (Å²) in [6, 6.07) is 12.0. The molecule has 0 radical (unpaired) electrons. The van der Waals surface area contributed by atoms with E-state index in [0.29, 0.717) is 42.5 Å². The van der Waals surface area contributed by atoms with Crippen LogP contribution < -0.4 is 15.2 Å². The number of methoxy groups -OCH3 is 1. The first kappa shape index (κ1) is 30.7. The number of nitrogens with zero attached hydrogens (tertiary/aromatic N) is 6. The Balaban J connectivity index is 1.22. The highest BCUT2D eigenvalue weighted by atomic mass is 16.5. The molecule has 3 saturated heterocycles. The molecular formula is C36H39N7O4. The molecule has 3 aliphatic heterocycles. The second-order valence-corrected chi connectivity index (χ2v) is 12.3. The third-order valence-electron chi connectivity index (χ3n) is 9.38. The van der Waals surface area contributed by atoms with Gasteiger partial charge in [-0.05, 0) is 61.9 Å². The van der Waals surface area contributed by atoms with Gasteiger partial charge in [0.2, 0.25) is 11.8 Å². The topological polar surface area (TPSA) is 121 Å². The van der Waals surface area contributed by atoms with E-state index in [4.69, 9.17) is 24.9 Å². The van der Waals surface area contributed by atoms with Gasteiger partial charge in [-0.25, -0.2) is 15.0 Å². The number of carbonyl (C=O) groups excluding carboxylic acids is 1. The number of amides is 1. The fourth-order valence-electron chi connectivity index (χ4n) is 6.89. The van der Waals surface area contributed by atoms with Crippen LogP contribution in [0.1, 0.15) is 36.7 Å². The number of nitrogen functional groups attached to an aromatic ring is 1. The van der Waals surface area contributed by atoms with E-state index in [1.54, 1.807) is 7.11 Å². The van der Waals surface area contributed by atoms with Crippen LogP contribution in [0.15, 0.2) is 55.4 Å². The van der Waals surface area contributed by atoms with E-state index in [-0.39, 0.29) is 17.9 Å². The number of nitrogens with two attached hydrogens (primary N) is 1. The number of aromatic nitrogens is 4. The van der Waals surface area contributed by atoms with Crippen LogP contribution in [0.5, 0.6) is 17.4 Å². The van der Waals surface area contributed by atoms with E-state index >= 15 is 0 Å². The molecule has 47 heavy (non-hydrogen) atoms. The van der Waals surface area contributed by atoms with Gasteiger partial charge in [-0.15, -0.1) is 0 Å². The molecule has 7 rings (SSSR count). The molecule has 6 heterocycles. The maximum Gasteiger partial charge on any atom is 0.245 e. The van der Waals surface area contributed by atoms with Gasteiger partial charge < -0.3 is 29.4 Å². The maximum atomic E-state index is 12.0. The lowest BCUT2D eigenvalue weighted by molar-refractivity contribution is -0.127. The van der Waals surface area contributed by atoms with Crippen LogP contribution in [0.25, 0.3) is 22.2 Å². The Morgan fingerprint density at radius 3 is 2.66 bits per heavy atom. The summed E-state index contributed by atoms with van der Waals surface area (Å²) in [6.45, 7) is 10.2. The zero-order chi connectivity index (χ0) is 32.5. The van der Waals surface area contributed by atoms with Gasteiger partial charge in [0.05, 0.1) is 25.1 Å². The van der Waals surface area contributed by atoms with Crippen molar-refractivity contribution < 1.29 is 19.0 Å². The molecule has 3 fully saturated rings. The number of likely N-dealkylation sites (tertiary alicyclic amines) is 2. The number of pyridine rings is 1. The number of rotatable bonds is 7. The van der Waals surface area contributed by atoms with Gasteiger partial charge in [0.15, 0.2) is 11.5 Å². The van der Waals surface area contributed by atoms with Gasteiger partial charge >= 0.3 is 0 Å². The molecule has 0 bridgehead atoms. The van der Waals surface area contributed by atoms with E-state index in [0.717, 1.165) is 79.0 Å². The first-order valence-corrected chi connectivity index (χ1v) is 16.1. The molecule has 1 atom stereocenters. The molecule has 0 aliphatic carbocycles. The third kappa shape index (κ3) is 6.02. The predicted octanol–water partition coefficient (Wildman–Crippen LogP) is 4.61.